The summed E-state index contributed by atoms with van der Waals surface area (Å²) in [7, 11) is 0. The van der Waals surface area contributed by atoms with Gasteiger partial charge in [-0.2, -0.15) is 0 Å². The van der Waals surface area contributed by atoms with E-state index in [9.17, 15) is 5.11 Å². The SMILES string of the molecule is CC(C)N1CCCC(O)(c2cnccc2N)CC1. The zero-order valence-corrected chi connectivity index (χ0v) is 11.3. The molecule has 0 aliphatic carbocycles. The molecule has 2 heterocycles. The average molecular weight is 249 g/mol. The lowest BCUT2D eigenvalue weighted by Crippen LogP contribution is -2.33. The van der Waals surface area contributed by atoms with Gasteiger partial charge in [0.15, 0.2) is 0 Å². The highest BCUT2D eigenvalue weighted by atomic mass is 16.3. The number of hydrogen-bond acceptors (Lipinski definition) is 4. The fourth-order valence-electron chi connectivity index (χ4n) is 2.72. The number of pyridine rings is 1. The van der Waals surface area contributed by atoms with Crippen LogP contribution >= 0.6 is 0 Å². The summed E-state index contributed by atoms with van der Waals surface area (Å²) in [4.78, 5) is 6.50. The second kappa shape index (κ2) is 5.24. The van der Waals surface area contributed by atoms with E-state index in [1.807, 2.05) is 0 Å². The Morgan fingerprint density at radius 1 is 1.39 bits per heavy atom. The fraction of sp³-hybridized carbons (Fsp3) is 0.643. The molecule has 1 aliphatic rings. The first-order valence-electron chi connectivity index (χ1n) is 6.69. The third-order valence-corrected chi connectivity index (χ3v) is 3.93. The van der Waals surface area contributed by atoms with Gasteiger partial charge in [-0.25, -0.2) is 0 Å². The Kier molecular flexibility index (Phi) is 3.88. The van der Waals surface area contributed by atoms with Gasteiger partial charge in [0.1, 0.15) is 0 Å². The minimum Gasteiger partial charge on any atom is -0.398 e. The van der Waals surface area contributed by atoms with Gasteiger partial charge in [0, 0.05) is 36.2 Å². The molecule has 1 aromatic heterocycles. The van der Waals surface area contributed by atoms with Gasteiger partial charge in [-0.15, -0.1) is 0 Å². The van der Waals surface area contributed by atoms with E-state index in [2.05, 4.69) is 23.7 Å². The Bertz CT molecular complexity index is 408. The second-order valence-corrected chi connectivity index (χ2v) is 5.48. The van der Waals surface area contributed by atoms with Crippen LogP contribution in [0.2, 0.25) is 0 Å². The van der Waals surface area contributed by atoms with Crippen LogP contribution in [-0.4, -0.2) is 34.1 Å². The minimum atomic E-state index is -0.817. The van der Waals surface area contributed by atoms with Crippen molar-refractivity contribution in [3.05, 3.63) is 24.0 Å². The first-order chi connectivity index (χ1) is 8.53. The molecule has 1 atom stereocenters. The van der Waals surface area contributed by atoms with Crippen molar-refractivity contribution < 1.29 is 5.11 Å². The highest BCUT2D eigenvalue weighted by Crippen LogP contribution is 2.35. The molecule has 3 N–H and O–H groups in total. The molecule has 100 valence electrons. The summed E-state index contributed by atoms with van der Waals surface area (Å²) < 4.78 is 0. The van der Waals surface area contributed by atoms with Crippen LogP contribution in [0.15, 0.2) is 18.5 Å². The normalized spacial score (nSPS) is 26.2. The Morgan fingerprint density at radius 2 is 2.17 bits per heavy atom. The smallest absolute Gasteiger partial charge is 0.0944 e. The Balaban J connectivity index is 2.19. The maximum absolute atomic E-state index is 10.9. The van der Waals surface area contributed by atoms with Gasteiger partial charge in [-0.1, -0.05) is 0 Å². The number of likely N-dealkylation sites (tertiary alicyclic amines) is 1. The molecule has 4 heteroatoms. The van der Waals surface area contributed by atoms with E-state index < -0.39 is 5.60 Å². The summed E-state index contributed by atoms with van der Waals surface area (Å²) in [6, 6.07) is 2.29. The summed E-state index contributed by atoms with van der Waals surface area (Å²) in [6.07, 6.45) is 5.84. The lowest BCUT2D eigenvalue weighted by molar-refractivity contribution is 0.0208. The van der Waals surface area contributed by atoms with Gasteiger partial charge < -0.3 is 15.7 Å². The predicted octanol–water partition coefficient (Wildman–Crippen LogP) is 1.75. The van der Waals surface area contributed by atoms with E-state index in [0.29, 0.717) is 11.7 Å². The summed E-state index contributed by atoms with van der Waals surface area (Å²) in [6.45, 7) is 6.34. The molecule has 0 amide bonds. The maximum Gasteiger partial charge on any atom is 0.0944 e. The Morgan fingerprint density at radius 3 is 2.83 bits per heavy atom. The van der Waals surface area contributed by atoms with Crippen molar-refractivity contribution >= 4 is 5.69 Å². The van der Waals surface area contributed by atoms with Crippen molar-refractivity contribution in [2.45, 2.75) is 44.8 Å². The number of hydrogen-bond donors (Lipinski definition) is 2. The molecule has 1 saturated heterocycles. The molecule has 0 spiro atoms. The largest absolute Gasteiger partial charge is 0.398 e. The highest BCUT2D eigenvalue weighted by Gasteiger charge is 2.34. The van der Waals surface area contributed by atoms with Gasteiger partial charge >= 0.3 is 0 Å². The number of rotatable bonds is 2. The Hall–Kier alpha value is -1.13. The van der Waals surface area contributed by atoms with E-state index in [0.717, 1.165) is 37.9 Å². The number of anilines is 1. The van der Waals surface area contributed by atoms with Crippen LogP contribution in [0.4, 0.5) is 5.69 Å². The second-order valence-electron chi connectivity index (χ2n) is 5.48. The highest BCUT2D eigenvalue weighted by molar-refractivity contribution is 5.47. The molecule has 0 aromatic carbocycles. The van der Waals surface area contributed by atoms with Crippen molar-refractivity contribution in [1.82, 2.24) is 9.88 Å². The third kappa shape index (κ3) is 2.65. The molecule has 1 unspecified atom stereocenters. The standard InChI is InChI=1S/C14H23N3O/c1-11(2)17-8-3-5-14(18,6-9-17)12-10-16-7-4-13(12)15/h4,7,10-11,18H,3,5-6,8-9H2,1-2H3,(H2,15,16). The van der Waals surface area contributed by atoms with Crippen molar-refractivity contribution in [3.63, 3.8) is 0 Å². The number of nitrogen functional groups attached to an aromatic ring is 1. The molecule has 4 nitrogen and oxygen atoms in total. The zero-order chi connectivity index (χ0) is 13.2. The molecule has 1 fully saturated rings. The molecule has 18 heavy (non-hydrogen) atoms. The quantitative estimate of drug-likeness (QED) is 0.838. The summed E-state index contributed by atoms with van der Waals surface area (Å²) >= 11 is 0. The average Bonchev–Trinajstić information content (AvgIpc) is 2.52. The van der Waals surface area contributed by atoms with Crippen molar-refractivity contribution in [2.24, 2.45) is 0 Å². The predicted molar refractivity (Wildman–Crippen MR) is 73.1 cm³/mol. The lowest BCUT2D eigenvalue weighted by atomic mass is 9.87. The van der Waals surface area contributed by atoms with E-state index in [1.54, 1.807) is 18.5 Å². The van der Waals surface area contributed by atoms with Crippen LogP contribution in [0.5, 0.6) is 0 Å². The van der Waals surface area contributed by atoms with Crippen LogP contribution in [-0.2, 0) is 5.60 Å². The number of aliphatic hydroxyl groups is 1. The molecular formula is C14H23N3O. The third-order valence-electron chi connectivity index (χ3n) is 3.93. The number of nitrogens with two attached hydrogens (primary N) is 1. The topological polar surface area (TPSA) is 62.4 Å². The molecule has 1 aliphatic heterocycles. The minimum absolute atomic E-state index is 0.526. The van der Waals surface area contributed by atoms with Gasteiger partial charge in [0.25, 0.3) is 0 Å². The van der Waals surface area contributed by atoms with E-state index in [1.165, 1.54) is 0 Å². The van der Waals surface area contributed by atoms with Crippen molar-refractivity contribution in [3.8, 4) is 0 Å². The van der Waals surface area contributed by atoms with Gasteiger partial charge in [0.05, 0.1) is 5.60 Å². The number of aromatic nitrogens is 1. The first-order valence-corrected chi connectivity index (χ1v) is 6.69. The van der Waals surface area contributed by atoms with Gasteiger partial charge in [0.2, 0.25) is 0 Å². The van der Waals surface area contributed by atoms with Gasteiger partial charge in [-0.3, -0.25) is 4.98 Å². The molecular weight excluding hydrogens is 226 g/mol. The van der Waals surface area contributed by atoms with Crippen LogP contribution in [0, 0.1) is 0 Å². The maximum atomic E-state index is 10.9. The van der Waals surface area contributed by atoms with Crippen molar-refractivity contribution in [2.75, 3.05) is 18.8 Å². The van der Waals surface area contributed by atoms with Crippen molar-refractivity contribution in [1.29, 1.82) is 0 Å². The van der Waals surface area contributed by atoms with E-state index in [4.69, 9.17) is 5.73 Å². The summed E-state index contributed by atoms with van der Waals surface area (Å²) in [5, 5.41) is 10.9. The van der Waals surface area contributed by atoms with Crippen LogP contribution in [0.1, 0.15) is 38.7 Å². The monoisotopic (exact) mass is 249 g/mol. The van der Waals surface area contributed by atoms with Crippen LogP contribution in [0.3, 0.4) is 0 Å². The Labute approximate surface area is 109 Å². The first kappa shape index (κ1) is 13.3. The van der Waals surface area contributed by atoms with E-state index >= 15 is 0 Å². The van der Waals surface area contributed by atoms with Crippen LogP contribution < -0.4 is 5.73 Å². The van der Waals surface area contributed by atoms with E-state index in [-0.39, 0.29) is 0 Å². The molecule has 0 radical (unpaired) electrons. The lowest BCUT2D eigenvalue weighted by Gasteiger charge is -2.29. The summed E-state index contributed by atoms with van der Waals surface area (Å²) in [5.41, 5.74) is 6.58. The molecule has 0 saturated carbocycles. The fourth-order valence-corrected chi connectivity index (χ4v) is 2.72. The molecule has 2 rings (SSSR count). The van der Waals surface area contributed by atoms with Gasteiger partial charge in [-0.05, 0) is 45.7 Å². The molecule has 0 bridgehead atoms. The zero-order valence-electron chi connectivity index (χ0n) is 11.3. The summed E-state index contributed by atoms with van der Waals surface area (Å²) in [5.74, 6) is 0. The number of nitrogens with zero attached hydrogens (tertiary/aromatic N) is 2. The molecule has 1 aromatic rings. The van der Waals surface area contributed by atoms with Crippen LogP contribution in [0.25, 0.3) is 0 Å².